The summed E-state index contributed by atoms with van der Waals surface area (Å²) in [7, 11) is 2.10. The van der Waals surface area contributed by atoms with Crippen LogP contribution < -0.4 is 5.73 Å². The second-order valence-corrected chi connectivity index (χ2v) is 6.03. The summed E-state index contributed by atoms with van der Waals surface area (Å²) in [4.78, 5) is 2.26. The lowest BCUT2D eigenvalue weighted by Crippen LogP contribution is -2.30. The van der Waals surface area contributed by atoms with Gasteiger partial charge in [-0.25, -0.2) is 0 Å². The molecule has 2 aromatic rings. The number of rotatable bonds is 5. The Kier molecular flexibility index (Phi) is 5.02. The lowest BCUT2D eigenvalue weighted by atomic mass is 10.0. The topological polar surface area (TPSA) is 42.4 Å². The van der Waals surface area contributed by atoms with Gasteiger partial charge in [0.15, 0.2) is 0 Å². The van der Waals surface area contributed by atoms with E-state index in [1.807, 2.05) is 13.0 Å². The summed E-state index contributed by atoms with van der Waals surface area (Å²) < 4.78 is 6.49. The third-order valence-electron chi connectivity index (χ3n) is 3.71. The highest BCUT2D eigenvalue weighted by atomic mass is 79.9. The molecule has 1 atom stereocenters. The Hall–Kier alpha value is -1.10. The molecule has 3 nitrogen and oxygen atoms in total. The summed E-state index contributed by atoms with van der Waals surface area (Å²) >= 11 is 3.54. The Morgan fingerprint density at radius 3 is 2.60 bits per heavy atom. The average Bonchev–Trinajstić information content (AvgIpc) is 2.80. The summed E-state index contributed by atoms with van der Waals surface area (Å²) in [5.74, 6) is 0.972. The van der Waals surface area contributed by atoms with Crippen molar-refractivity contribution in [2.75, 3.05) is 13.6 Å². The summed E-state index contributed by atoms with van der Waals surface area (Å²) in [6.07, 6.45) is 1.74. The molecule has 0 radical (unpaired) electrons. The van der Waals surface area contributed by atoms with E-state index in [-0.39, 0.29) is 6.04 Å². The molecule has 0 saturated heterocycles. The molecule has 1 heterocycles. The minimum absolute atomic E-state index is 0.205. The molecule has 0 bridgehead atoms. The van der Waals surface area contributed by atoms with Crippen LogP contribution in [0.2, 0.25) is 0 Å². The number of likely N-dealkylation sites (N-methyl/N-ethyl adjacent to an activating group) is 1. The molecule has 1 aromatic heterocycles. The number of furan rings is 1. The fourth-order valence-corrected chi connectivity index (χ4v) is 2.65. The molecule has 0 amide bonds. The van der Waals surface area contributed by atoms with E-state index in [0.29, 0.717) is 6.54 Å². The first-order valence-corrected chi connectivity index (χ1v) is 7.51. The predicted octanol–water partition coefficient (Wildman–Crippen LogP) is 3.79. The fourth-order valence-electron chi connectivity index (χ4n) is 2.40. The minimum atomic E-state index is 0.205. The highest BCUT2D eigenvalue weighted by Gasteiger charge is 2.17. The van der Waals surface area contributed by atoms with Gasteiger partial charge in [-0.05, 0) is 44.2 Å². The zero-order valence-corrected chi connectivity index (χ0v) is 13.8. The molecule has 1 aromatic carbocycles. The van der Waals surface area contributed by atoms with E-state index in [2.05, 4.69) is 53.0 Å². The molecule has 108 valence electrons. The number of benzene rings is 1. The molecule has 0 fully saturated rings. The van der Waals surface area contributed by atoms with E-state index in [1.54, 1.807) is 6.26 Å². The third-order valence-corrected chi connectivity index (χ3v) is 4.60. The lowest BCUT2D eigenvalue weighted by Gasteiger charge is -2.27. The smallest absolute Gasteiger partial charge is 0.105 e. The van der Waals surface area contributed by atoms with Crippen LogP contribution in [0.5, 0.6) is 0 Å². The van der Waals surface area contributed by atoms with Crippen LogP contribution in [-0.4, -0.2) is 18.5 Å². The standard InChI is InChI=1S/C16H21BrN2O/c1-11-8-13(4-5-15(11)17)16(9-18)19(3)10-14-6-7-20-12(14)2/h4-8,16H,9-10,18H2,1-3H3. The maximum absolute atomic E-state index is 5.98. The number of hydrogen-bond acceptors (Lipinski definition) is 3. The van der Waals surface area contributed by atoms with Gasteiger partial charge in [0.25, 0.3) is 0 Å². The van der Waals surface area contributed by atoms with Crippen LogP contribution in [0.25, 0.3) is 0 Å². The second kappa shape index (κ2) is 6.57. The van der Waals surface area contributed by atoms with E-state index >= 15 is 0 Å². The predicted molar refractivity (Wildman–Crippen MR) is 85.6 cm³/mol. The number of aryl methyl sites for hydroxylation is 2. The van der Waals surface area contributed by atoms with Crippen molar-refractivity contribution >= 4 is 15.9 Å². The van der Waals surface area contributed by atoms with E-state index in [4.69, 9.17) is 10.2 Å². The van der Waals surface area contributed by atoms with Crippen LogP contribution in [-0.2, 0) is 6.54 Å². The molecule has 2 rings (SSSR count). The molecule has 1 unspecified atom stereocenters. The molecule has 0 spiro atoms. The fraction of sp³-hybridized carbons (Fsp3) is 0.375. The molecule has 20 heavy (non-hydrogen) atoms. The van der Waals surface area contributed by atoms with E-state index in [9.17, 15) is 0 Å². The Morgan fingerprint density at radius 1 is 1.30 bits per heavy atom. The molecule has 0 aliphatic carbocycles. The Morgan fingerprint density at radius 2 is 2.05 bits per heavy atom. The quantitative estimate of drug-likeness (QED) is 0.903. The van der Waals surface area contributed by atoms with Crippen LogP contribution in [0.4, 0.5) is 0 Å². The lowest BCUT2D eigenvalue weighted by molar-refractivity contribution is 0.240. The van der Waals surface area contributed by atoms with Gasteiger partial charge in [-0.3, -0.25) is 4.90 Å². The van der Waals surface area contributed by atoms with Crippen LogP contribution in [0, 0.1) is 13.8 Å². The van der Waals surface area contributed by atoms with Gasteiger partial charge in [0.2, 0.25) is 0 Å². The van der Waals surface area contributed by atoms with Crippen molar-refractivity contribution in [3.05, 3.63) is 57.5 Å². The zero-order chi connectivity index (χ0) is 14.7. The summed E-state index contributed by atoms with van der Waals surface area (Å²) in [5.41, 5.74) is 9.67. The van der Waals surface area contributed by atoms with Crippen molar-refractivity contribution in [2.24, 2.45) is 5.73 Å². The normalized spacial score (nSPS) is 12.9. The first-order valence-electron chi connectivity index (χ1n) is 6.72. The van der Waals surface area contributed by atoms with Gasteiger partial charge in [-0.15, -0.1) is 0 Å². The molecule has 0 aliphatic heterocycles. The number of halogens is 1. The zero-order valence-electron chi connectivity index (χ0n) is 12.2. The largest absolute Gasteiger partial charge is 0.469 e. The van der Waals surface area contributed by atoms with Gasteiger partial charge in [-0.2, -0.15) is 0 Å². The first kappa shape index (κ1) is 15.3. The van der Waals surface area contributed by atoms with Crippen molar-refractivity contribution < 1.29 is 4.42 Å². The SMILES string of the molecule is Cc1cc(C(CN)N(C)Cc2ccoc2C)ccc1Br. The Bertz CT molecular complexity index is 580. The maximum atomic E-state index is 5.98. The summed E-state index contributed by atoms with van der Waals surface area (Å²) in [6.45, 7) is 5.51. The summed E-state index contributed by atoms with van der Waals surface area (Å²) in [6, 6.07) is 8.64. The average molecular weight is 337 g/mol. The molecule has 0 aliphatic rings. The maximum Gasteiger partial charge on any atom is 0.105 e. The highest BCUT2D eigenvalue weighted by Crippen LogP contribution is 2.25. The van der Waals surface area contributed by atoms with Gasteiger partial charge in [0, 0.05) is 29.2 Å². The van der Waals surface area contributed by atoms with Gasteiger partial charge in [0.1, 0.15) is 5.76 Å². The van der Waals surface area contributed by atoms with Crippen molar-refractivity contribution in [2.45, 2.75) is 26.4 Å². The van der Waals surface area contributed by atoms with Crippen LogP contribution in [0.15, 0.2) is 39.4 Å². The van der Waals surface area contributed by atoms with E-state index < -0.39 is 0 Å². The van der Waals surface area contributed by atoms with Gasteiger partial charge >= 0.3 is 0 Å². The van der Waals surface area contributed by atoms with Crippen molar-refractivity contribution in [1.29, 1.82) is 0 Å². The molecular formula is C16H21BrN2O. The molecule has 2 N–H and O–H groups in total. The second-order valence-electron chi connectivity index (χ2n) is 5.18. The van der Waals surface area contributed by atoms with E-state index in [0.717, 1.165) is 16.8 Å². The van der Waals surface area contributed by atoms with Crippen molar-refractivity contribution in [3.63, 3.8) is 0 Å². The third kappa shape index (κ3) is 3.32. The van der Waals surface area contributed by atoms with Gasteiger partial charge in [0.05, 0.1) is 6.26 Å². The van der Waals surface area contributed by atoms with Crippen molar-refractivity contribution in [1.82, 2.24) is 4.90 Å². The Labute approximate surface area is 128 Å². The Balaban J connectivity index is 2.18. The number of nitrogens with two attached hydrogens (primary N) is 1. The minimum Gasteiger partial charge on any atom is -0.469 e. The number of hydrogen-bond donors (Lipinski definition) is 1. The molecule has 4 heteroatoms. The molecule has 0 saturated carbocycles. The first-order chi connectivity index (χ1) is 9.52. The molecular weight excluding hydrogens is 316 g/mol. The van der Waals surface area contributed by atoms with Gasteiger partial charge < -0.3 is 10.2 Å². The number of nitrogens with zero attached hydrogens (tertiary/aromatic N) is 1. The van der Waals surface area contributed by atoms with Crippen LogP contribution >= 0.6 is 15.9 Å². The summed E-state index contributed by atoms with van der Waals surface area (Å²) in [5, 5.41) is 0. The van der Waals surface area contributed by atoms with Crippen LogP contribution in [0.3, 0.4) is 0 Å². The highest BCUT2D eigenvalue weighted by molar-refractivity contribution is 9.10. The van der Waals surface area contributed by atoms with Crippen molar-refractivity contribution in [3.8, 4) is 0 Å². The van der Waals surface area contributed by atoms with E-state index in [1.165, 1.54) is 16.7 Å². The van der Waals surface area contributed by atoms with Gasteiger partial charge in [-0.1, -0.05) is 28.1 Å². The monoisotopic (exact) mass is 336 g/mol. The van der Waals surface area contributed by atoms with Crippen LogP contribution in [0.1, 0.15) is 28.5 Å².